The lowest BCUT2D eigenvalue weighted by atomic mass is 10.2. The number of para-hydroxylation sites is 1. The van der Waals surface area contributed by atoms with Crippen LogP contribution in [0.4, 0.5) is 5.82 Å². The average molecular weight is 330 g/mol. The molecule has 0 aliphatic heterocycles. The van der Waals surface area contributed by atoms with Crippen molar-refractivity contribution >= 4 is 11.7 Å². The van der Waals surface area contributed by atoms with Crippen LogP contribution < -0.4 is 15.4 Å². The van der Waals surface area contributed by atoms with Crippen LogP contribution >= 0.6 is 0 Å². The van der Waals surface area contributed by atoms with Crippen molar-refractivity contribution in [3.63, 3.8) is 0 Å². The molecule has 7 heteroatoms. The topological polar surface area (TPSA) is 85.4 Å². The molecule has 128 valence electrons. The Kier molecular flexibility index (Phi) is 6.97. The smallest absolute Gasteiger partial charge is 0.271 e. The molecule has 7 nitrogen and oxygen atoms in total. The summed E-state index contributed by atoms with van der Waals surface area (Å²) >= 11 is 0. The molecule has 0 saturated carbocycles. The van der Waals surface area contributed by atoms with E-state index in [0.717, 1.165) is 24.3 Å². The predicted molar refractivity (Wildman–Crippen MR) is 91.2 cm³/mol. The van der Waals surface area contributed by atoms with Crippen LogP contribution in [0.3, 0.4) is 0 Å². The van der Waals surface area contributed by atoms with Gasteiger partial charge in [0.1, 0.15) is 17.3 Å². The van der Waals surface area contributed by atoms with E-state index < -0.39 is 0 Å². The van der Waals surface area contributed by atoms with Crippen LogP contribution in [0.5, 0.6) is 5.75 Å². The Morgan fingerprint density at radius 1 is 1.17 bits per heavy atom. The number of rotatable bonds is 9. The molecule has 1 amide bonds. The van der Waals surface area contributed by atoms with Gasteiger partial charge in [0.15, 0.2) is 0 Å². The van der Waals surface area contributed by atoms with Gasteiger partial charge in [-0.3, -0.25) is 4.79 Å². The maximum atomic E-state index is 12.1. The highest BCUT2D eigenvalue weighted by Crippen LogP contribution is 2.16. The van der Waals surface area contributed by atoms with Gasteiger partial charge in [-0.05, 0) is 12.5 Å². The number of benzene rings is 1. The number of aromatic nitrogens is 2. The quantitative estimate of drug-likeness (QED) is 0.683. The van der Waals surface area contributed by atoms with Crippen molar-refractivity contribution in [3.8, 4) is 5.75 Å². The van der Waals surface area contributed by atoms with Gasteiger partial charge in [-0.15, -0.1) is 0 Å². The number of hydrogen-bond acceptors (Lipinski definition) is 6. The van der Waals surface area contributed by atoms with Gasteiger partial charge in [-0.25, -0.2) is 9.97 Å². The first-order valence-electron chi connectivity index (χ1n) is 7.69. The Morgan fingerprint density at radius 2 is 2.00 bits per heavy atom. The summed E-state index contributed by atoms with van der Waals surface area (Å²) in [4.78, 5) is 20.5. The molecule has 0 unspecified atom stereocenters. The predicted octanol–water partition coefficient (Wildman–Crippen LogP) is 1.86. The molecule has 1 aromatic heterocycles. The summed E-state index contributed by atoms with van der Waals surface area (Å²) in [6.45, 7) is 1.78. The Morgan fingerprint density at radius 3 is 2.71 bits per heavy atom. The number of amides is 1. The highest BCUT2D eigenvalue weighted by atomic mass is 16.5. The monoisotopic (exact) mass is 330 g/mol. The van der Waals surface area contributed by atoms with E-state index in [0.29, 0.717) is 19.0 Å². The van der Waals surface area contributed by atoms with Crippen molar-refractivity contribution in [2.75, 3.05) is 32.7 Å². The van der Waals surface area contributed by atoms with Crippen LogP contribution in [0.25, 0.3) is 0 Å². The summed E-state index contributed by atoms with van der Waals surface area (Å²) in [5.41, 5.74) is 1.17. The molecule has 0 saturated heterocycles. The second-order valence-corrected chi connectivity index (χ2v) is 5.05. The molecule has 0 fully saturated rings. The Bertz CT molecular complexity index is 647. The summed E-state index contributed by atoms with van der Waals surface area (Å²) < 4.78 is 10.2. The first-order chi connectivity index (χ1) is 11.7. The standard InChI is InChI=1S/C17H22N4O3/c1-23-9-5-8-18-16-12-19-14(11-20-16)17(22)21-10-13-6-3-4-7-15(13)24-2/h3-4,6-7,11-12H,5,8-10H2,1-2H3,(H,18,20)(H,21,22). The number of carbonyl (C=O) groups is 1. The van der Waals surface area contributed by atoms with E-state index in [1.165, 1.54) is 6.20 Å². The lowest BCUT2D eigenvalue weighted by molar-refractivity contribution is 0.0945. The van der Waals surface area contributed by atoms with Gasteiger partial charge in [-0.1, -0.05) is 18.2 Å². The summed E-state index contributed by atoms with van der Waals surface area (Å²) in [5, 5.41) is 5.93. The zero-order valence-electron chi connectivity index (χ0n) is 13.9. The third-order valence-corrected chi connectivity index (χ3v) is 3.35. The summed E-state index contributed by atoms with van der Waals surface area (Å²) in [5.74, 6) is 1.09. The number of hydrogen-bond donors (Lipinski definition) is 2. The van der Waals surface area contributed by atoms with Gasteiger partial charge in [0.25, 0.3) is 5.91 Å². The first-order valence-corrected chi connectivity index (χ1v) is 7.69. The van der Waals surface area contributed by atoms with Gasteiger partial charge in [0.2, 0.25) is 0 Å². The van der Waals surface area contributed by atoms with Crippen molar-refractivity contribution in [1.29, 1.82) is 0 Å². The lowest BCUT2D eigenvalue weighted by Crippen LogP contribution is -2.24. The fraction of sp³-hybridized carbons (Fsp3) is 0.353. The minimum absolute atomic E-state index is 0.271. The molecule has 2 N–H and O–H groups in total. The minimum atomic E-state index is -0.278. The van der Waals surface area contributed by atoms with Crippen LogP contribution in [0.15, 0.2) is 36.7 Å². The summed E-state index contributed by atoms with van der Waals surface area (Å²) in [6, 6.07) is 7.53. The van der Waals surface area contributed by atoms with Crippen molar-refractivity contribution in [2.24, 2.45) is 0 Å². The van der Waals surface area contributed by atoms with E-state index in [1.54, 1.807) is 20.4 Å². The second-order valence-electron chi connectivity index (χ2n) is 5.05. The molecule has 24 heavy (non-hydrogen) atoms. The molecule has 2 rings (SSSR count). The van der Waals surface area contributed by atoms with Gasteiger partial charge in [0.05, 0.1) is 19.5 Å². The summed E-state index contributed by atoms with van der Waals surface area (Å²) in [7, 11) is 3.27. The van der Waals surface area contributed by atoms with Crippen molar-refractivity contribution in [1.82, 2.24) is 15.3 Å². The summed E-state index contributed by atoms with van der Waals surface area (Å²) in [6.07, 6.45) is 3.88. The van der Waals surface area contributed by atoms with Gasteiger partial charge in [0, 0.05) is 32.4 Å². The normalized spacial score (nSPS) is 10.2. The molecule has 1 heterocycles. The number of nitrogens with zero attached hydrogens (tertiary/aromatic N) is 2. The van der Waals surface area contributed by atoms with E-state index in [1.807, 2.05) is 24.3 Å². The molecule has 2 aromatic rings. The third kappa shape index (κ3) is 5.20. The highest BCUT2D eigenvalue weighted by molar-refractivity contribution is 5.92. The van der Waals surface area contributed by atoms with Crippen LogP contribution in [0.1, 0.15) is 22.5 Å². The van der Waals surface area contributed by atoms with E-state index >= 15 is 0 Å². The number of carbonyl (C=O) groups excluding carboxylic acids is 1. The van der Waals surface area contributed by atoms with Crippen LogP contribution in [-0.2, 0) is 11.3 Å². The van der Waals surface area contributed by atoms with E-state index in [9.17, 15) is 4.79 Å². The molecule has 0 atom stereocenters. The fourth-order valence-corrected chi connectivity index (χ4v) is 2.08. The zero-order valence-corrected chi connectivity index (χ0v) is 13.9. The third-order valence-electron chi connectivity index (χ3n) is 3.35. The van der Waals surface area contributed by atoms with Crippen LogP contribution in [0, 0.1) is 0 Å². The number of ether oxygens (including phenoxy) is 2. The molecule has 0 radical (unpaired) electrons. The molecular weight excluding hydrogens is 308 g/mol. The van der Waals surface area contributed by atoms with E-state index in [2.05, 4.69) is 20.6 Å². The Labute approximate surface area is 141 Å². The number of anilines is 1. The first kappa shape index (κ1) is 17.7. The SMILES string of the molecule is COCCCNc1cnc(C(=O)NCc2ccccc2OC)cn1. The molecule has 0 bridgehead atoms. The largest absolute Gasteiger partial charge is 0.496 e. The maximum Gasteiger partial charge on any atom is 0.271 e. The Balaban J connectivity index is 1.86. The zero-order chi connectivity index (χ0) is 17.2. The molecule has 0 aliphatic rings. The maximum absolute atomic E-state index is 12.1. The minimum Gasteiger partial charge on any atom is -0.496 e. The van der Waals surface area contributed by atoms with Crippen LogP contribution in [-0.4, -0.2) is 43.2 Å². The van der Waals surface area contributed by atoms with Gasteiger partial charge < -0.3 is 20.1 Å². The lowest BCUT2D eigenvalue weighted by Gasteiger charge is -2.09. The molecule has 0 spiro atoms. The molecular formula is C17H22N4O3. The van der Waals surface area contributed by atoms with Gasteiger partial charge in [-0.2, -0.15) is 0 Å². The van der Waals surface area contributed by atoms with Gasteiger partial charge >= 0.3 is 0 Å². The van der Waals surface area contributed by atoms with Crippen molar-refractivity contribution in [2.45, 2.75) is 13.0 Å². The second kappa shape index (κ2) is 9.46. The number of methoxy groups -OCH3 is 2. The highest BCUT2D eigenvalue weighted by Gasteiger charge is 2.09. The Hall–Kier alpha value is -2.67. The van der Waals surface area contributed by atoms with Crippen molar-refractivity contribution < 1.29 is 14.3 Å². The fourth-order valence-electron chi connectivity index (χ4n) is 2.08. The molecule has 0 aliphatic carbocycles. The average Bonchev–Trinajstić information content (AvgIpc) is 2.64. The van der Waals surface area contributed by atoms with E-state index in [4.69, 9.17) is 9.47 Å². The number of nitrogens with one attached hydrogen (secondary N) is 2. The van der Waals surface area contributed by atoms with Crippen LogP contribution in [0.2, 0.25) is 0 Å². The van der Waals surface area contributed by atoms with Crippen molar-refractivity contribution in [3.05, 3.63) is 47.9 Å². The molecule has 1 aromatic carbocycles. The van der Waals surface area contributed by atoms with E-state index in [-0.39, 0.29) is 11.6 Å².